The zero-order valence-electron chi connectivity index (χ0n) is 11.8. The summed E-state index contributed by atoms with van der Waals surface area (Å²) in [4.78, 5) is 16.8. The number of rotatable bonds is 3. The van der Waals surface area contributed by atoms with Crippen molar-refractivity contribution in [2.24, 2.45) is 0 Å². The quantitative estimate of drug-likeness (QED) is 0.885. The van der Waals surface area contributed by atoms with Gasteiger partial charge in [0.25, 0.3) is 0 Å². The Bertz CT molecular complexity index is 744. The van der Waals surface area contributed by atoms with Crippen molar-refractivity contribution >= 4 is 17.1 Å². The van der Waals surface area contributed by atoms with E-state index in [4.69, 9.17) is 5.26 Å². The summed E-state index contributed by atoms with van der Waals surface area (Å²) in [6.45, 7) is 1.91. The molecule has 0 unspecified atom stereocenters. The van der Waals surface area contributed by atoms with Gasteiger partial charge in [-0.1, -0.05) is 0 Å². The third-order valence-electron chi connectivity index (χ3n) is 3.79. The maximum absolute atomic E-state index is 13.9. The van der Waals surface area contributed by atoms with Gasteiger partial charge in [-0.2, -0.15) is 5.26 Å². The zero-order valence-corrected chi connectivity index (χ0v) is 12.6. The maximum Gasteiger partial charge on any atom is 0.215 e. The van der Waals surface area contributed by atoms with Gasteiger partial charge < -0.3 is 5.32 Å². The number of hydrogen-bond donors (Lipinski definition) is 1. The number of carbonyl (C=O) groups is 1. The van der Waals surface area contributed by atoms with E-state index in [9.17, 15) is 9.18 Å². The summed E-state index contributed by atoms with van der Waals surface area (Å²) in [5.74, 6) is -0.738. The Hall–Kier alpha value is -2.10. The molecule has 0 amide bonds. The normalized spacial score (nSPS) is 15.5. The smallest absolute Gasteiger partial charge is 0.215 e. The third kappa shape index (κ3) is 2.91. The van der Waals surface area contributed by atoms with E-state index >= 15 is 0 Å². The third-order valence-corrected chi connectivity index (χ3v) is 4.79. The van der Waals surface area contributed by atoms with E-state index < -0.39 is 11.6 Å². The highest BCUT2D eigenvalue weighted by Gasteiger charge is 2.22. The van der Waals surface area contributed by atoms with Crippen LogP contribution in [0.5, 0.6) is 0 Å². The molecular weight excluding hydrogens is 301 g/mol. The molecule has 1 aliphatic rings. The average molecular weight is 315 g/mol. The van der Waals surface area contributed by atoms with Crippen LogP contribution in [0.4, 0.5) is 4.39 Å². The van der Waals surface area contributed by atoms with E-state index in [1.165, 1.54) is 23.5 Å². The first-order chi connectivity index (χ1) is 10.7. The first-order valence-corrected chi connectivity index (χ1v) is 7.97. The molecule has 22 heavy (non-hydrogen) atoms. The monoisotopic (exact) mass is 315 g/mol. The lowest BCUT2D eigenvalue weighted by molar-refractivity contribution is 0.103. The lowest BCUT2D eigenvalue weighted by Crippen LogP contribution is -2.26. The van der Waals surface area contributed by atoms with E-state index in [-0.39, 0.29) is 16.8 Å². The Morgan fingerprint density at radius 2 is 2.18 bits per heavy atom. The fraction of sp³-hybridized carbons (Fsp3) is 0.312. The van der Waals surface area contributed by atoms with Gasteiger partial charge in [-0.3, -0.25) is 4.79 Å². The highest BCUT2D eigenvalue weighted by molar-refractivity contribution is 7.10. The van der Waals surface area contributed by atoms with Crippen molar-refractivity contribution in [3.05, 3.63) is 51.2 Å². The van der Waals surface area contributed by atoms with Crippen molar-refractivity contribution in [3.63, 3.8) is 0 Å². The second kappa shape index (κ2) is 6.34. The summed E-state index contributed by atoms with van der Waals surface area (Å²) in [6.07, 6.45) is 2.01. The zero-order chi connectivity index (χ0) is 15.5. The fourth-order valence-corrected chi connectivity index (χ4v) is 3.53. The number of nitriles is 1. The number of benzene rings is 1. The molecule has 0 saturated carbocycles. The molecule has 1 aromatic heterocycles. The number of nitrogens with one attached hydrogen (secondary N) is 1. The molecule has 1 aromatic carbocycles. The van der Waals surface area contributed by atoms with Crippen LogP contribution < -0.4 is 5.32 Å². The number of aromatic nitrogens is 1. The van der Waals surface area contributed by atoms with Crippen LogP contribution in [0.3, 0.4) is 0 Å². The summed E-state index contributed by atoms with van der Waals surface area (Å²) < 4.78 is 13.9. The van der Waals surface area contributed by atoms with Crippen LogP contribution in [0.2, 0.25) is 0 Å². The number of halogens is 1. The molecule has 0 atom stereocenters. The highest BCUT2D eigenvalue weighted by Crippen LogP contribution is 2.28. The average Bonchev–Trinajstić information content (AvgIpc) is 3.05. The van der Waals surface area contributed by atoms with Crippen molar-refractivity contribution in [1.29, 1.82) is 5.26 Å². The number of nitrogens with zero attached hydrogens (tertiary/aromatic N) is 2. The molecule has 2 aromatic rings. The van der Waals surface area contributed by atoms with E-state index in [2.05, 4.69) is 10.3 Å². The largest absolute Gasteiger partial charge is 0.317 e. The lowest BCUT2D eigenvalue weighted by Gasteiger charge is -2.20. The van der Waals surface area contributed by atoms with E-state index in [1.54, 1.807) is 5.38 Å². The van der Waals surface area contributed by atoms with Crippen molar-refractivity contribution < 1.29 is 9.18 Å². The Morgan fingerprint density at radius 3 is 2.86 bits per heavy atom. The summed E-state index contributed by atoms with van der Waals surface area (Å²) in [5, 5.41) is 14.7. The van der Waals surface area contributed by atoms with Crippen LogP contribution >= 0.6 is 11.3 Å². The molecule has 6 heteroatoms. The number of carbonyl (C=O) groups excluding carboxylic acids is 1. The SMILES string of the molecule is N#Cc1ccc(C(=O)c2csc(C3CCNCC3)n2)c(F)c1. The predicted octanol–water partition coefficient (Wildman–Crippen LogP) is 2.85. The van der Waals surface area contributed by atoms with E-state index in [1.807, 2.05) is 6.07 Å². The summed E-state index contributed by atoms with van der Waals surface area (Å²) in [6, 6.07) is 5.71. The van der Waals surface area contributed by atoms with Gasteiger partial charge in [0.1, 0.15) is 11.5 Å². The van der Waals surface area contributed by atoms with Crippen LogP contribution in [0.15, 0.2) is 23.6 Å². The summed E-state index contributed by atoms with van der Waals surface area (Å²) in [5.41, 5.74) is 0.436. The molecule has 112 valence electrons. The lowest BCUT2D eigenvalue weighted by atomic mass is 9.99. The number of piperidine rings is 1. The standard InChI is InChI=1S/C16H14FN3OS/c17-13-7-10(8-18)1-2-12(13)15(21)14-9-22-16(20-14)11-3-5-19-6-4-11/h1-2,7,9,11,19H,3-6H2. The molecule has 0 radical (unpaired) electrons. The van der Waals surface area contributed by atoms with Gasteiger partial charge >= 0.3 is 0 Å². The van der Waals surface area contributed by atoms with Crippen LogP contribution in [0.25, 0.3) is 0 Å². The topological polar surface area (TPSA) is 65.8 Å². The van der Waals surface area contributed by atoms with Crippen LogP contribution in [-0.2, 0) is 0 Å². The van der Waals surface area contributed by atoms with Crippen molar-refractivity contribution in [2.45, 2.75) is 18.8 Å². The van der Waals surface area contributed by atoms with Gasteiger partial charge in [0.15, 0.2) is 0 Å². The van der Waals surface area contributed by atoms with Crippen molar-refractivity contribution in [1.82, 2.24) is 10.3 Å². The van der Waals surface area contributed by atoms with E-state index in [0.717, 1.165) is 37.0 Å². The minimum Gasteiger partial charge on any atom is -0.317 e. The molecule has 1 N–H and O–H groups in total. The fourth-order valence-electron chi connectivity index (χ4n) is 2.56. The predicted molar refractivity (Wildman–Crippen MR) is 81.5 cm³/mol. The summed E-state index contributed by atoms with van der Waals surface area (Å²) in [7, 11) is 0. The Morgan fingerprint density at radius 1 is 1.41 bits per heavy atom. The molecule has 0 aliphatic carbocycles. The van der Waals surface area contributed by atoms with E-state index in [0.29, 0.717) is 5.92 Å². The molecular formula is C16H14FN3OS. The van der Waals surface area contributed by atoms with Gasteiger partial charge in [0.2, 0.25) is 5.78 Å². The molecule has 1 saturated heterocycles. The number of hydrogen-bond acceptors (Lipinski definition) is 5. The number of ketones is 1. The van der Waals surface area contributed by atoms with Gasteiger partial charge in [0, 0.05) is 11.3 Å². The summed E-state index contributed by atoms with van der Waals surface area (Å²) >= 11 is 1.46. The second-order valence-electron chi connectivity index (χ2n) is 5.23. The van der Waals surface area contributed by atoms with Gasteiger partial charge in [0.05, 0.1) is 22.2 Å². The molecule has 4 nitrogen and oxygen atoms in total. The molecule has 0 bridgehead atoms. The van der Waals surface area contributed by atoms with Gasteiger partial charge in [-0.05, 0) is 44.1 Å². The maximum atomic E-state index is 13.9. The minimum absolute atomic E-state index is 0.0406. The van der Waals surface area contributed by atoms with Gasteiger partial charge in [-0.25, -0.2) is 9.37 Å². The van der Waals surface area contributed by atoms with Crippen molar-refractivity contribution in [3.8, 4) is 6.07 Å². The molecule has 3 rings (SSSR count). The first-order valence-electron chi connectivity index (χ1n) is 7.09. The Labute approximate surface area is 131 Å². The van der Waals surface area contributed by atoms with Crippen LogP contribution in [0, 0.1) is 17.1 Å². The first kappa shape index (κ1) is 14.8. The van der Waals surface area contributed by atoms with Crippen LogP contribution in [0.1, 0.15) is 45.4 Å². The highest BCUT2D eigenvalue weighted by atomic mass is 32.1. The Kier molecular flexibility index (Phi) is 4.27. The molecule has 2 heterocycles. The second-order valence-corrected chi connectivity index (χ2v) is 6.12. The van der Waals surface area contributed by atoms with Gasteiger partial charge in [-0.15, -0.1) is 11.3 Å². The minimum atomic E-state index is -0.680. The molecule has 1 aliphatic heterocycles. The molecule has 1 fully saturated rings. The van der Waals surface area contributed by atoms with Crippen LogP contribution in [-0.4, -0.2) is 23.9 Å². The number of thiazole rings is 1. The molecule has 0 spiro atoms. The Balaban J connectivity index is 1.84. The van der Waals surface area contributed by atoms with Crippen molar-refractivity contribution in [2.75, 3.05) is 13.1 Å².